The van der Waals surface area contributed by atoms with E-state index in [0.717, 1.165) is 12.6 Å². The summed E-state index contributed by atoms with van der Waals surface area (Å²) in [5.74, 6) is 3.71. The van der Waals surface area contributed by atoms with Gasteiger partial charge in [0.2, 0.25) is 0 Å². The first-order chi connectivity index (χ1) is 13.1. The number of unbranched alkanes of at least 4 members (excludes halogenated alkanes) is 1. The summed E-state index contributed by atoms with van der Waals surface area (Å²) in [5.41, 5.74) is 3.56. The topological polar surface area (TPSA) is 0 Å². The van der Waals surface area contributed by atoms with Crippen molar-refractivity contribution in [2.75, 3.05) is 0 Å². The van der Waals surface area contributed by atoms with Gasteiger partial charge in [0.25, 0.3) is 0 Å². The molecule has 4 unspecified atom stereocenters. The van der Waals surface area contributed by atoms with Gasteiger partial charge < -0.3 is 0 Å². The van der Waals surface area contributed by atoms with Crippen molar-refractivity contribution in [2.24, 2.45) is 23.2 Å². The van der Waals surface area contributed by atoms with Crippen molar-refractivity contribution < 1.29 is 0 Å². The SMILES string of the molecule is CC(C)=CC(B(CCCCC12C=CC(CC1)C2)C(C=C(C)C)C(C)C)C(C)C. The zero-order chi connectivity index (χ0) is 20.9. The van der Waals surface area contributed by atoms with E-state index < -0.39 is 0 Å². The molecule has 1 saturated carbocycles. The Balaban J connectivity index is 2.09. The van der Waals surface area contributed by atoms with Crippen molar-refractivity contribution in [3.8, 4) is 0 Å². The Labute approximate surface area is 177 Å². The van der Waals surface area contributed by atoms with E-state index in [1.54, 1.807) is 0 Å². The van der Waals surface area contributed by atoms with Gasteiger partial charge in [-0.05, 0) is 88.2 Å². The predicted molar refractivity (Wildman–Crippen MR) is 129 cm³/mol. The fourth-order valence-corrected chi connectivity index (χ4v) is 6.05. The van der Waals surface area contributed by atoms with E-state index in [0.29, 0.717) is 28.9 Å². The molecule has 0 nitrogen and oxygen atoms in total. The van der Waals surface area contributed by atoms with Gasteiger partial charge in [0.1, 0.15) is 0 Å². The molecule has 1 heteroatoms. The van der Waals surface area contributed by atoms with Gasteiger partial charge in [0.05, 0.1) is 0 Å². The van der Waals surface area contributed by atoms with E-state index in [2.05, 4.69) is 79.7 Å². The van der Waals surface area contributed by atoms with Crippen LogP contribution >= 0.6 is 0 Å². The van der Waals surface area contributed by atoms with Gasteiger partial charge in [0.15, 0.2) is 6.71 Å². The summed E-state index contributed by atoms with van der Waals surface area (Å²) < 4.78 is 0. The molecule has 158 valence electrons. The Kier molecular flexibility index (Phi) is 8.71. The molecule has 2 aliphatic carbocycles. The van der Waals surface area contributed by atoms with E-state index in [1.807, 2.05) is 0 Å². The van der Waals surface area contributed by atoms with E-state index in [9.17, 15) is 0 Å². The second kappa shape index (κ2) is 10.4. The van der Waals surface area contributed by atoms with Crippen molar-refractivity contribution in [3.63, 3.8) is 0 Å². The predicted octanol–water partition coefficient (Wildman–Crippen LogP) is 8.99. The van der Waals surface area contributed by atoms with Gasteiger partial charge in [-0.25, -0.2) is 0 Å². The third-order valence-electron chi connectivity index (χ3n) is 7.45. The maximum Gasteiger partial charge on any atom is 0.155 e. The zero-order valence-corrected chi connectivity index (χ0v) is 20.2. The Morgan fingerprint density at radius 2 is 1.54 bits per heavy atom. The Hall–Kier alpha value is -0.715. The highest BCUT2D eigenvalue weighted by molar-refractivity contribution is 6.63. The molecule has 0 radical (unpaired) electrons. The maximum absolute atomic E-state index is 2.59. The van der Waals surface area contributed by atoms with Gasteiger partial charge in [-0.1, -0.05) is 82.3 Å². The summed E-state index contributed by atoms with van der Waals surface area (Å²) in [6.45, 7) is 19.6. The van der Waals surface area contributed by atoms with Crippen LogP contribution in [0.4, 0.5) is 0 Å². The molecule has 0 aromatic heterocycles. The molecule has 28 heavy (non-hydrogen) atoms. The van der Waals surface area contributed by atoms with Crippen LogP contribution in [0.25, 0.3) is 0 Å². The largest absolute Gasteiger partial charge is 0.155 e. The van der Waals surface area contributed by atoms with Crippen LogP contribution in [-0.2, 0) is 0 Å². The minimum Gasteiger partial charge on any atom is -0.0897 e. The molecular weight excluding hydrogens is 335 g/mol. The highest BCUT2D eigenvalue weighted by Crippen LogP contribution is 2.52. The van der Waals surface area contributed by atoms with Crippen LogP contribution in [-0.4, -0.2) is 6.71 Å². The van der Waals surface area contributed by atoms with Crippen LogP contribution in [0.1, 0.15) is 93.9 Å². The summed E-state index contributed by atoms with van der Waals surface area (Å²) in [6.07, 6.45) is 20.2. The zero-order valence-electron chi connectivity index (χ0n) is 20.2. The number of hydrogen-bond acceptors (Lipinski definition) is 0. The monoisotopic (exact) mass is 382 g/mol. The van der Waals surface area contributed by atoms with Gasteiger partial charge in [-0.15, -0.1) is 0 Å². The molecule has 4 atom stereocenters. The Morgan fingerprint density at radius 1 is 0.964 bits per heavy atom. The molecule has 0 aromatic rings. The number of hydrogen-bond donors (Lipinski definition) is 0. The molecule has 2 bridgehead atoms. The molecule has 0 N–H and O–H groups in total. The Morgan fingerprint density at radius 3 is 1.89 bits per heavy atom. The maximum atomic E-state index is 2.59. The molecule has 0 spiro atoms. The first kappa shape index (κ1) is 23.6. The van der Waals surface area contributed by atoms with Gasteiger partial charge in [0, 0.05) is 0 Å². The molecular formula is C27H47B. The number of allylic oxidation sites excluding steroid dienone is 6. The molecule has 2 aliphatic rings. The molecule has 0 amide bonds. The fraction of sp³-hybridized carbons (Fsp3) is 0.778. The second-order valence-electron chi connectivity index (χ2n) is 11.3. The van der Waals surface area contributed by atoms with Gasteiger partial charge in [-0.2, -0.15) is 0 Å². The van der Waals surface area contributed by atoms with Crippen molar-refractivity contribution in [2.45, 2.75) is 112 Å². The van der Waals surface area contributed by atoms with Crippen LogP contribution in [0.15, 0.2) is 35.5 Å². The lowest BCUT2D eigenvalue weighted by Gasteiger charge is -2.34. The molecule has 0 aromatic carbocycles. The van der Waals surface area contributed by atoms with Gasteiger partial charge >= 0.3 is 0 Å². The standard InChI is InChI=1S/C27H47B/c1-20(2)17-25(22(5)6)28(26(23(7)8)18-21(3)4)16-10-9-13-27-14-11-24(19-27)12-15-27/h11,14,17-18,22-26H,9-10,12-13,15-16,19H2,1-8H3. The summed E-state index contributed by atoms with van der Waals surface area (Å²) >= 11 is 0. The van der Waals surface area contributed by atoms with E-state index in [4.69, 9.17) is 0 Å². The summed E-state index contributed by atoms with van der Waals surface area (Å²) in [5, 5.41) is 0. The summed E-state index contributed by atoms with van der Waals surface area (Å²) in [6, 6.07) is 0. The number of rotatable bonds is 11. The quantitative estimate of drug-likeness (QED) is 0.190. The van der Waals surface area contributed by atoms with Crippen LogP contribution < -0.4 is 0 Å². The third kappa shape index (κ3) is 6.40. The van der Waals surface area contributed by atoms with Crippen molar-refractivity contribution >= 4 is 6.71 Å². The fourth-order valence-electron chi connectivity index (χ4n) is 6.05. The molecule has 1 fully saturated rings. The van der Waals surface area contributed by atoms with Crippen LogP contribution in [0.5, 0.6) is 0 Å². The average molecular weight is 382 g/mol. The minimum atomic E-state index is 0.592. The van der Waals surface area contributed by atoms with Crippen LogP contribution in [0.2, 0.25) is 18.0 Å². The molecule has 2 rings (SSSR count). The molecule has 0 saturated heterocycles. The third-order valence-corrected chi connectivity index (χ3v) is 7.45. The van der Waals surface area contributed by atoms with Gasteiger partial charge in [-0.3, -0.25) is 0 Å². The lowest BCUT2D eigenvalue weighted by Crippen LogP contribution is -2.31. The van der Waals surface area contributed by atoms with E-state index in [-0.39, 0.29) is 0 Å². The van der Waals surface area contributed by atoms with Crippen LogP contribution in [0.3, 0.4) is 0 Å². The highest BCUT2D eigenvalue weighted by Gasteiger charge is 2.40. The van der Waals surface area contributed by atoms with E-state index >= 15 is 0 Å². The lowest BCUT2D eigenvalue weighted by atomic mass is 9.28. The van der Waals surface area contributed by atoms with E-state index in [1.165, 1.54) is 56.0 Å². The first-order valence-corrected chi connectivity index (χ1v) is 12.1. The Bertz CT molecular complexity index is 541. The highest BCUT2D eigenvalue weighted by atomic mass is 14.4. The normalized spacial score (nSPS) is 25.3. The summed E-state index contributed by atoms with van der Waals surface area (Å²) in [4.78, 5) is 0. The summed E-state index contributed by atoms with van der Waals surface area (Å²) in [7, 11) is 0. The molecule has 0 aliphatic heterocycles. The van der Waals surface area contributed by atoms with Crippen LogP contribution in [0, 0.1) is 23.2 Å². The second-order valence-corrected chi connectivity index (χ2v) is 11.3. The number of fused-ring (bicyclic) bond motifs is 2. The smallest absolute Gasteiger partial charge is 0.0897 e. The van der Waals surface area contributed by atoms with Crippen molar-refractivity contribution in [1.29, 1.82) is 0 Å². The van der Waals surface area contributed by atoms with Crippen molar-refractivity contribution in [3.05, 3.63) is 35.5 Å². The average Bonchev–Trinajstić information content (AvgIpc) is 3.19. The van der Waals surface area contributed by atoms with Crippen molar-refractivity contribution in [1.82, 2.24) is 0 Å². The molecule has 0 heterocycles. The minimum absolute atomic E-state index is 0.592. The first-order valence-electron chi connectivity index (χ1n) is 12.1. The lowest BCUT2D eigenvalue weighted by molar-refractivity contribution is 0.356.